The van der Waals surface area contributed by atoms with Crippen LogP contribution in [0.3, 0.4) is 0 Å². The van der Waals surface area contributed by atoms with Gasteiger partial charge in [-0.15, -0.1) is 11.3 Å². The number of carbonyl (C=O) groups excluding carboxylic acids is 2. The fourth-order valence-electron chi connectivity index (χ4n) is 1.44. The van der Waals surface area contributed by atoms with E-state index in [0.29, 0.717) is 10.1 Å². The molecule has 0 radical (unpaired) electrons. The van der Waals surface area contributed by atoms with Crippen LogP contribution in [0.15, 0.2) is 18.2 Å². The molecule has 1 heterocycles. The molecule has 0 spiro atoms. The number of esters is 1. The summed E-state index contributed by atoms with van der Waals surface area (Å²) < 4.78 is 18.5. The first kappa shape index (κ1) is 13.8. The maximum Gasteiger partial charge on any atom is 0.350 e. The normalized spacial score (nSPS) is 12.4. The molecule has 1 unspecified atom stereocenters. The highest BCUT2D eigenvalue weighted by atomic mass is 35.5. The Bertz CT molecular complexity index is 670. The van der Waals surface area contributed by atoms with Crippen LogP contribution in [0.25, 0.3) is 10.1 Å². The first-order valence-electron chi connectivity index (χ1n) is 5.28. The van der Waals surface area contributed by atoms with E-state index in [0.717, 1.165) is 11.3 Å². The Morgan fingerprint density at radius 3 is 2.79 bits per heavy atom. The van der Waals surface area contributed by atoms with Crippen LogP contribution < -0.4 is 5.73 Å². The number of hydrogen-bond donors (Lipinski definition) is 1. The molecule has 0 fully saturated rings. The smallest absolute Gasteiger partial charge is 0.350 e. The van der Waals surface area contributed by atoms with Gasteiger partial charge in [-0.3, -0.25) is 4.79 Å². The highest BCUT2D eigenvalue weighted by molar-refractivity contribution is 7.21. The fraction of sp³-hybridized carbons (Fsp3) is 0.167. The molecule has 2 rings (SSSR count). The first-order valence-corrected chi connectivity index (χ1v) is 6.47. The van der Waals surface area contributed by atoms with E-state index in [1.807, 2.05) is 0 Å². The average molecular weight is 302 g/mol. The zero-order valence-corrected chi connectivity index (χ0v) is 11.3. The number of carbonyl (C=O) groups is 2. The third-order valence-electron chi connectivity index (χ3n) is 2.46. The number of ether oxygens (including phenoxy) is 1. The summed E-state index contributed by atoms with van der Waals surface area (Å²) in [5, 5.41) is 0.744. The molecule has 0 saturated heterocycles. The number of amides is 1. The van der Waals surface area contributed by atoms with Crippen LogP contribution in [-0.2, 0) is 9.53 Å². The highest BCUT2D eigenvalue weighted by Gasteiger charge is 2.22. The van der Waals surface area contributed by atoms with Crippen LogP contribution in [0.4, 0.5) is 4.39 Å². The summed E-state index contributed by atoms with van der Waals surface area (Å²) >= 11 is 7.04. The Labute approximate surface area is 116 Å². The highest BCUT2D eigenvalue weighted by Crippen LogP contribution is 2.36. The minimum absolute atomic E-state index is 0.121. The standard InChI is InChI=1S/C12H9ClFNO3S/c1-5(11(15)16)18-12(17)10-9(13)7-3-2-6(14)4-8(7)19-10/h2-5H,1H3,(H2,15,16). The molecule has 1 aromatic heterocycles. The van der Waals surface area contributed by atoms with Gasteiger partial charge in [0.25, 0.3) is 5.91 Å². The molecule has 4 nitrogen and oxygen atoms in total. The molecule has 7 heteroatoms. The molecule has 1 amide bonds. The van der Waals surface area contributed by atoms with Gasteiger partial charge in [0.2, 0.25) is 0 Å². The Morgan fingerprint density at radius 1 is 1.47 bits per heavy atom. The monoisotopic (exact) mass is 301 g/mol. The minimum Gasteiger partial charge on any atom is -0.448 e. The summed E-state index contributed by atoms with van der Waals surface area (Å²) in [6.07, 6.45) is -1.05. The lowest BCUT2D eigenvalue weighted by Crippen LogP contribution is -2.30. The lowest BCUT2D eigenvalue weighted by Gasteiger charge is -2.08. The Balaban J connectivity index is 2.37. The lowest BCUT2D eigenvalue weighted by atomic mass is 10.2. The van der Waals surface area contributed by atoms with E-state index < -0.39 is 23.8 Å². The molecular weight excluding hydrogens is 293 g/mol. The van der Waals surface area contributed by atoms with Gasteiger partial charge < -0.3 is 10.5 Å². The first-order chi connectivity index (χ1) is 8.90. The van der Waals surface area contributed by atoms with Crippen molar-refractivity contribution in [2.75, 3.05) is 0 Å². The van der Waals surface area contributed by atoms with Crippen molar-refractivity contribution in [3.63, 3.8) is 0 Å². The quantitative estimate of drug-likeness (QED) is 0.886. The number of halogens is 2. The van der Waals surface area contributed by atoms with Crippen molar-refractivity contribution in [3.8, 4) is 0 Å². The van der Waals surface area contributed by atoms with Gasteiger partial charge in [0.1, 0.15) is 10.7 Å². The van der Waals surface area contributed by atoms with Crippen LogP contribution in [0.2, 0.25) is 5.02 Å². The summed E-state index contributed by atoms with van der Waals surface area (Å²) in [6, 6.07) is 4.01. The third kappa shape index (κ3) is 2.69. The molecule has 0 aliphatic rings. The molecule has 0 saturated carbocycles. The number of primary amides is 1. The Morgan fingerprint density at radius 2 is 2.16 bits per heavy atom. The number of thiophene rings is 1. The predicted octanol–water partition coefficient (Wildman–Crippen LogP) is 2.72. The molecule has 0 aliphatic carbocycles. The van der Waals surface area contributed by atoms with E-state index in [4.69, 9.17) is 22.1 Å². The minimum atomic E-state index is -1.05. The molecule has 19 heavy (non-hydrogen) atoms. The molecular formula is C12H9ClFNO3S. The zero-order chi connectivity index (χ0) is 14.2. The van der Waals surface area contributed by atoms with E-state index in [1.54, 1.807) is 0 Å². The fourth-order valence-corrected chi connectivity index (χ4v) is 2.86. The third-order valence-corrected chi connectivity index (χ3v) is 4.10. The predicted molar refractivity (Wildman–Crippen MR) is 70.9 cm³/mol. The van der Waals surface area contributed by atoms with Crippen molar-refractivity contribution in [1.82, 2.24) is 0 Å². The number of nitrogens with two attached hydrogens (primary N) is 1. The van der Waals surface area contributed by atoms with Gasteiger partial charge in [-0.1, -0.05) is 11.6 Å². The lowest BCUT2D eigenvalue weighted by molar-refractivity contribution is -0.125. The van der Waals surface area contributed by atoms with Gasteiger partial charge in [-0.05, 0) is 25.1 Å². The molecule has 0 aliphatic heterocycles. The molecule has 0 bridgehead atoms. The second-order valence-electron chi connectivity index (χ2n) is 3.84. The van der Waals surface area contributed by atoms with Crippen LogP contribution in [0.5, 0.6) is 0 Å². The second kappa shape index (κ2) is 5.14. The number of hydrogen-bond acceptors (Lipinski definition) is 4. The number of rotatable bonds is 3. The summed E-state index contributed by atoms with van der Waals surface area (Å²) in [5.74, 6) is -1.93. The van der Waals surface area contributed by atoms with Gasteiger partial charge in [0.15, 0.2) is 6.10 Å². The van der Waals surface area contributed by atoms with Gasteiger partial charge in [-0.25, -0.2) is 9.18 Å². The SMILES string of the molecule is CC(OC(=O)c1sc2cc(F)ccc2c1Cl)C(N)=O. The maximum absolute atomic E-state index is 13.1. The zero-order valence-electron chi connectivity index (χ0n) is 9.78. The molecule has 2 aromatic rings. The van der Waals surface area contributed by atoms with E-state index in [2.05, 4.69) is 0 Å². The largest absolute Gasteiger partial charge is 0.448 e. The van der Waals surface area contributed by atoms with Gasteiger partial charge in [0, 0.05) is 10.1 Å². The van der Waals surface area contributed by atoms with Crippen molar-refractivity contribution in [1.29, 1.82) is 0 Å². The molecule has 1 atom stereocenters. The van der Waals surface area contributed by atoms with Crippen molar-refractivity contribution in [2.24, 2.45) is 5.73 Å². The Hall–Kier alpha value is -1.66. The molecule has 100 valence electrons. The van der Waals surface area contributed by atoms with E-state index in [1.165, 1.54) is 25.1 Å². The summed E-state index contributed by atoms with van der Waals surface area (Å²) in [4.78, 5) is 22.8. The van der Waals surface area contributed by atoms with E-state index >= 15 is 0 Å². The van der Waals surface area contributed by atoms with Crippen LogP contribution in [-0.4, -0.2) is 18.0 Å². The summed E-state index contributed by atoms with van der Waals surface area (Å²) in [5.41, 5.74) is 5.00. The average Bonchev–Trinajstić information content (AvgIpc) is 2.66. The molecule has 1 aromatic carbocycles. The second-order valence-corrected chi connectivity index (χ2v) is 5.27. The summed E-state index contributed by atoms with van der Waals surface area (Å²) in [6.45, 7) is 1.36. The Kier molecular flexibility index (Phi) is 3.73. The van der Waals surface area contributed by atoms with Crippen LogP contribution in [0, 0.1) is 5.82 Å². The van der Waals surface area contributed by atoms with Crippen molar-refractivity contribution in [2.45, 2.75) is 13.0 Å². The topological polar surface area (TPSA) is 69.4 Å². The summed E-state index contributed by atoms with van der Waals surface area (Å²) in [7, 11) is 0. The van der Waals surface area contributed by atoms with E-state index in [-0.39, 0.29) is 9.90 Å². The van der Waals surface area contributed by atoms with Gasteiger partial charge in [0.05, 0.1) is 5.02 Å². The van der Waals surface area contributed by atoms with Crippen LogP contribution >= 0.6 is 22.9 Å². The van der Waals surface area contributed by atoms with Gasteiger partial charge >= 0.3 is 5.97 Å². The number of fused-ring (bicyclic) bond motifs is 1. The molecule has 2 N–H and O–H groups in total. The maximum atomic E-state index is 13.1. The van der Waals surface area contributed by atoms with Crippen molar-refractivity contribution < 1.29 is 18.7 Å². The van der Waals surface area contributed by atoms with Crippen molar-refractivity contribution in [3.05, 3.63) is 33.9 Å². The van der Waals surface area contributed by atoms with Crippen molar-refractivity contribution >= 4 is 44.9 Å². The van der Waals surface area contributed by atoms with Gasteiger partial charge in [-0.2, -0.15) is 0 Å². The van der Waals surface area contributed by atoms with E-state index in [9.17, 15) is 14.0 Å². The van der Waals surface area contributed by atoms with Crippen LogP contribution in [0.1, 0.15) is 16.6 Å². The number of benzene rings is 1.